The van der Waals surface area contributed by atoms with Crippen LogP contribution >= 0.6 is 0 Å². The number of hydrogen-bond donors (Lipinski definition) is 1. The molecule has 0 saturated heterocycles. The maximum atomic E-state index is 9.71. The van der Waals surface area contributed by atoms with Crippen LogP contribution in [0.15, 0.2) is 18.2 Å². The quantitative estimate of drug-likeness (QED) is 0.712. The third-order valence-electron chi connectivity index (χ3n) is 7.18. The maximum Gasteiger partial charge on any atom is 0.115 e. The van der Waals surface area contributed by atoms with Crippen molar-refractivity contribution in [2.24, 2.45) is 23.2 Å². The Morgan fingerprint density at radius 2 is 2.00 bits per heavy atom. The SMILES string of the molecule is C[C@@H]1CC[C@H]2[C@@H]3CCc4cc(O)ccc4[C@H]3CC[C@]12C. The Hall–Kier alpha value is -0.980. The Balaban J connectivity index is 1.71. The van der Waals surface area contributed by atoms with Crippen LogP contribution in [-0.2, 0) is 6.42 Å². The molecule has 0 spiro atoms. The molecule has 4 rings (SSSR count). The monoisotopic (exact) mass is 270 g/mol. The highest BCUT2D eigenvalue weighted by Gasteiger charge is 2.53. The van der Waals surface area contributed by atoms with Gasteiger partial charge in [-0.05, 0) is 90.9 Å². The summed E-state index contributed by atoms with van der Waals surface area (Å²) in [5.74, 6) is 3.96. The molecule has 0 heterocycles. The summed E-state index contributed by atoms with van der Waals surface area (Å²) in [4.78, 5) is 0. The Morgan fingerprint density at radius 1 is 1.15 bits per heavy atom. The van der Waals surface area contributed by atoms with Gasteiger partial charge in [0.05, 0.1) is 0 Å². The van der Waals surface area contributed by atoms with Gasteiger partial charge in [-0.3, -0.25) is 0 Å². The van der Waals surface area contributed by atoms with Crippen LogP contribution in [0.2, 0.25) is 0 Å². The fraction of sp³-hybridized carbons (Fsp3) is 0.684. The minimum atomic E-state index is 0.442. The first-order valence-electron chi connectivity index (χ1n) is 8.41. The molecular formula is C19H26O. The summed E-state index contributed by atoms with van der Waals surface area (Å²) in [5.41, 5.74) is 3.58. The second kappa shape index (κ2) is 4.26. The van der Waals surface area contributed by atoms with Crippen LogP contribution in [0, 0.1) is 23.2 Å². The molecule has 0 unspecified atom stereocenters. The van der Waals surface area contributed by atoms with Gasteiger partial charge < -0.3 is 5.11 Å². The van der Waals surface area contributed by atoms with Crippen molar-refractivity contribution in [3.8, 4) is 5.75 Å². The van der Waals surface area contributed by atoms with Gasteiger partial charge in [-0.2, -0.15) is 0 Å². The number of phenolic OH excluding ortho intramolecular Hbond substituents is 1. The standard InChI is InChI=1S/C19H26O/c1-12-3-8-18-17-6-4-13-11-14(20)5-7-15(13)16(17)9-10-19(12,18)2/h5,7,11-12,16-18,20H,3-4,6,8-10H2,1-2H3/t12-,16-,17-,18+,19-/m1/s1. The second-order valence-electron chi connectivity index (χ2n) is 7.82. The van der Waals surface area contributed by atoms with Gasteiger partial charge in [0.2, 0.25) is 0 Å². The molecule has 5 atom stereocenters. The van der Waals surface area contributed by atoms with Gasteiger partial charge >= 0.3 is 0 Å². The van der Waals surface area contributed by atoms with Gasteiger partial charge in [-0.25, -0.2) is 0 Å². The van der Waals surface area contributed by atoms with E-state index in [0.29, 0.717) is 11.2 Å². The molecule has 3 aliphatic carbocycles. The number of aryl methyl sites for hydroxylation is 1. The van der Waals surface area contributed by atoms with Crippen molar-refractivity contribution in [3.05, 3.63) is 29.3 Å². The van der Waals surface area contributed by atoms with E-state index in [9.17, 15) is 5.11 Å². The molecule has 0 radical (unpaired) electrons. The summed E-state index contributed by atoms with van der Waals surface area (Å²) >= 11 is 0. The van der Waals surface area contributed by atoms with Gasteiger partial charge in [0.1, 0.15) is 5.75 Å². The minimum absolute atomic E-state index is 0.442. The molecule has 2 saturated carbocycles. The van der Waals surface area contributed by atoms with Crippen LogP contribution in [0.4, 0.5) is 0 Å². The van der Waals surface area contributed by atoms with E-state index in [0.717, 1.165) is 23.7 Å². The van der Waals surface area contributed by atoms with E-state index >= 15 is 0 Å². The van der Waals surface area contributed by atoms with E-state index in [1.54, 1.807) is 5.56 Å². The lowest BCUT2D eigenvalue weighted by Gasteiger charge is -2.50. The third-order valence-corrected chi connectivity index (χ3v) is 7.18. The molecular weight excluding hydrogens is 244 g/mol. The predicted octanol–water partition coefficient (Wildman–Crippen LogP) is 4.88. The van der Waals surface area contributed by atoms with E-state index in [4.69, 9.17) is 0 Å². The first kappa shape index (κ1) is 12.7. The molecule has 0 aromatic heterocycles. The molecule has 3 aliphatic rings. The summed E-state index contributed by atoms with van der Waals surface area (Å²) in [5, 5.41) is 9.71. The van der Waals surface area contributed by atoms with Crippen LogP contribution in [0.1, 0.15) is 63.0 Å². The number of fused-ring (bicyclic) bond motifs is 5. The first-order chi connectivity index (χ1) is 9.59. The third kappa shape index (κ3) is 1.61. The van der Waals surface area contributed by atoms with E-state index < -0.39 is 0 Å². The first-order valence-corrected chi connectivity index (χ1v) is 8.41. The highest BCUT2D eigenvalue weighted by Crippen LogP contribution is 2.62. The van der Waals surface area contributed by atoms with E-state index in [2.05, 4.69) is 19.9 Å². The molecule has 2 fully saturated rings. The average Bonchev–Trinajstić information content (AvgIpc) is 2.74. The van der Waals surface area contributed by atoms with Crippen molar-refractivity contribution in [2.75, 3.05) is 0 Å². The van der Waals surface area contributed by atoms with Gasteiger partial charge in [0, 0.05) is 0 Å². The second-order valence-corrected chi connectivity index (χ2v) is 7.82. The van der Waals surface area contributed by atoms with Gasteiger partial charge in [-0.15, -0.1) is 0 Å². The highest BCUT2D eigenvalue weighted by atomic mass is 16.3. The van der Waals surface area contributed by atoms with Crippen molar-refractivity contribution >= 4 is 0 Å². The summed E-state index contributed by atoms with van der Waals surface area (Å²) in [6.45, 7) is 5.05. The zero-order valence-electron chi connectivity index (χ0n) is 12.7. The lowest BCUT2D eigenvalue weighted by molar-refractivity contribution is 0.0336. The normalized spacial score (nSPS) is 42.7. The lowest BCUT2D eigenvalue weighted by Crippen LogP contribution is -2.41. The van der Waals surface area contributed by atoms with E-state index in [-0.39, 0.29) is 0 Å². The fourth-order valence-corrected chi connectivity index (χ4v) is 5.83. The number of aromatic hydroxyl groups is 1. The van der Waals surface area contributed by atoms with Crippen LogP contribution < -0.4 is 0 Å². The number of benzene rings is 1. The fourth-order valence-electron chi connectivity index (χ4n) is 5.83. The van der Waals surface area contributed by atoms with Crippen molar-refractivity contribution in [3.63, 3.8) is 0 Å². The molecule has 108 valence electrons. The molecule has 0 aliphatic heterocycles. The predicted molar refractivity (Wildman–Crippen MR) is 81.9 cm³/mol. The Labute approximate surface area is 122 Å². The van der Waals surface area contributed by atoms with E-state index in [1.807, 2.05) is 12.1 Å². The molecule has 1 heteroatoms. The molecule has 1 N–H and O–H groups in total. The Kier molecular flexibility index (Phi) is 2.71. The molecule has 0 amide bonds. The van der Waals surface area contributed by atoms with Gasteiger partial charge in [0.25, 0.3) is 0 Å². The zero-order chi connectivity index (χ0) is 13.9. The number of phenols is 1. The topological polar surface area (TPSA) is 20.2 Å². The molecule has 1 aromatic carbocycles. The lowest BCUT2D eigenvalue weighted by atomic mass is 9.54. The summed E-state index contributed by atoms with van der Waals surface area (Å²) in [6.07, 6.45) is 8.17. The van der Waals surface area contributed by atoms with Crippen molar-refractivity contribution in [1.82, 2.24) is 0 Å². The molecule has 0 bridgehead atoms. The van der Waals surface area contributed by atoms with Crippen LogP contribution in [0.5, 0.6) is 5.75 Å². The summed E-state index contributed by atoms with van der Waals surface area (Å²) < 4.78 is 0. The van der Waals surface area contributed by atoms with Crippen molar-refractivity contribution in [1.29, 1.82) is 0 Å². The number of hydrogen-bond acceptors (Lipinski definition) is 1. The smallest absolute Gasteiger partial charge is 0.115 e. The van der Waals surface area contributed by atoms with Gasteiger partial charge in [-0.1, -0.05) is 19.9 Å². The summed E-state index contributed by atoms with van der Waals surface area (Å²) in [7, 11) is 0. The van der Waals surface area contributed by atoms with Gasteiger partial charge in [0.15, 0.2) is 0 Å². The molecule has 1 aromatic rings. The largest absolute Gasteiger partial charge is 0.508 e. The van der Waals surface area contributed by atoms with Crippen molar-refractivity contribution in [2.45, 2.75) is 58.3 Å². The highest BCUT2D eigenvalue weighted by molar-refractivity contribution is 5.40. The maximum absolute atomic E-state index is 9.71. The average molecular weight is 270 g/mol. The van der Waals surface area contributed by atoms with Crippen molar-refractivity contribution < 1.29 is 5.11 Å². The van der Waals surface area contributed by atoms with Crippen LogP contribution in [0.25, 0.3) is 0 Å². The molecule has 1 nitrogen and oxygen atoms in total. The number of rotatable bonds is 0. The summed E-state index contributed by atoms with van der Waals surface area (Å²) in [6, 6.07) is 6.12. The van der Waals surface area contributed by atoms with Crippen LogP contribution in [0.3, 0.4) is 0 Å². The zero-order valence-corrected chi connectivity index (χ0v) is 12.7. The van der Waals surface area contributed by atoms with E-state index in [1.165, 1.54) is 44.1 Å². The van der Waals surface area contributed by atoms with Crippen LogP contribution in [-0.4, -0.2) is 5.11 Å². The minimum Gasteiger partial charge on any atom is -0.508 e. The molecule has 20 heavy (non-hydrogen) atoms. The Morgan fingerprint density at radius 3 is 2.85 bits per heavy atom. The Bertz CT molecular complexity index is 535.